The molecule has 0 atom stereocenters. The number of sulfonamides is 1. The van der Waals surface area contributed by atoms with E-state index in [1.807, 2.05) is 18.3 Å². The summed E-state index contributed by atoms with van der Waals surface area (Å²) in [7, 11) is 0.0154. The minimum Gasteiger partial charge on any atom is -0.351 e. The Morgan fingerprint density at radius 1 is 1.41 bits per heavy atom. The highest BCUT2D eigenvalue weighted by molar-refractivity contribution is 7.89. The Morgan fingerprint density at radius 2 is 2.12 bits per heavy atom. The van der Waals surface area contributed by atoms with Crippen LogP contribution in [0, 0.1) is 0 Å². The van der Waals surface area contributed by atoms with Crippen molar-refractivity contribution in [2.24, 2.45) is 0 Å². The van der Waals surface area contributed by atoms with Crippen LogP contribution in [0.5, 0.6) is 0 Å². The molecule has 0 bridgehead atoms. The van der Waals surface area contributed by atoms with Gasteiger partial charge in [-0.25, -0.2) is 12.7 Å². The summed E-state index contributed by atoms with van der Waals surface area (Å²) in [6.07, 6.45) is 2.02. The number of hydrogen-bond donors (Lipinski definition) is 1. The first kappa shape index (κ1) is 14.2. The zero-order valence-electron chi connectivity index (χ0n) is 10.7. The summed E-state index contributed by atoms with van der Waals surface area (Å²) in [5, 5.41) is 3.15. The topological polar surface area (TPSA) is 54.3 Å². The van der Waals surface area contributed by atoms with Gasteiger partial charge in [0, 0.05) is 45.6 Å². The maximum atomic E-state index is 11.5. The fourth-order valence-electron chi connectivity index (χ4n) is 1.52. The number of hydrogen-bond acceptors (Lipinski definition) is 3. The molecule has 0 saturated heterocycles. The third-order valence-electron chi connectivity index (χ3n) is 2.66. The van der Waals surface area contributed by atoms with E-state index in [0.29, 0.717) is 13.1 Å². The molecular formula is C11H21N3O2S. The normalized spacial score (nSPS) is 12.2. The Kier molecular flexibility index (Phi) is 5.17. The van der Waals surface area contributed by atoms with Crippen molar-refractivity contribution in [3.05, 3.63) is 24.0 Å². The van der Waals surface area contributed by atoms with Gasteiger partial charge in [-0.15, -0.1) is 0 Å². The van der Waals surface area contributed by atoms with Crippen molar-refractivity contribution in [1.82, 2.24) is 14.2 Å². The first-order valence-electron chi connectivity index (χ1n) is 5.72. The Hall–Kier alpha value is -0.850. The van der Waals surface area contributed by atoms with E-state index in [1.54, 1.807) is 14.1 Å². The van der Waals surface area contributed by atoms with Gasteiger partial charge >= 0.3 is 0 Å². The molecule has 17 heavy (non-hydrogen) atoms. The summed E-state index contributed by atoms with van der Waals surface area (Å²) >= 11 is 0. The predicted octanol–water partition coefficient (Wildman–Crippen LogP) is 0.489. The van der Waals surface area contributed by atoms with Crippen molar-refractivity contribution >= 4 is 10.0 Å². The molecule has 0 unspecified atom stereocenters. The van der Waals surface area contributed by atoms with Crippen molar-refractivity contribution in [1.29, 1.82) is 0 Å². The molecule has 6 heteroatoms. The molecule has 1 rings (SSSR count). The average Bonchev–Trinajstić information content (AvgIpc) is 2.71. The van der Waals surface area contributed by atoms with Gasteiger partial charge < -0.3 is 9.88 Å². The molecule has 0 aliphatic rings. The second kappa shape index (κ2) is 6.18. The van der Waals surface area contributed by atoms with Gasteiger partial charge in [0.1, 0.15) is 0 Å². The zero-order chi connectivity index (χ0) is 12.9. The van der Waals surface area contributed by atoms with Crippen LogP contribution in [0.3, 0.4) is 0 Å². The lowest BCUT2D eigenvalue weighted by Gasteiger charge is -2.12. The van der Waals surface area contributed by atoms with Crippen LogP contribution in [0.25, 0.3) is 0 Å². The SMILES string of the molecule is CCn1cccc1CNCCS(=O)(=O)N(C)C. The van der Waals surface area contributed by atoms with E-state index in [4.69, 9.17) is 0 Å². The minimum absolute atomic E-state index is 0.132. The van der Waals surface area contributed by atoms with Crippen molar-refractivity contribution in [3.8, 4) is 0 Å². The third kappa shape index (κ3) is 4.14. The predicted molar refractivity (Wildman–Crippen MR) is 69.3 cm³/mol. The second-order valence-corrected chi connectivity index (χ2v) is 6.36. The van der Waals surface area contributed by atoms with E-state index in [1.165, 1.54) is 10.00 Å². The number of nitrogens with zero attached hydrogens (tertiary/aromatic N) is 2. The Bertz CT molecular complexity index is 437. The molecule has 0 radical (unpaired) electrons. The van der Waals surface area contributed by atoms with E-state index in [9.17, 15) is 8.42 Å². The first-order chi connectivity index (χ1) is 7.97. The molecule has 1 N–H and O–H groups in total. The van der Waals surface area contributed by atoms with E-state index in [-0.39, 0.29) is 5.75 Å². The zero-order valence-corrected chi connectivity index (χ0v) is 11.5. The van der Waals surface area contributed by atoms with Crippen LogP contribution in [-0.2, 0) is 23.1 Å². The smallest absolute Gasteiger partial charge is 0.214 e. The highest BCUT2D eigenvalue weighted by Crippen LogP contribution is 2.01. The van der Waals surface area contributed by atoms with Gasteiger partial charge in [-0.2, -0.15) is 0 Å². The molecule has 0 saturated carbocycles. The number of nitrogens with one attached hydrogen (secondary N) is 1. The lowest BCUT2D eigenvalue weighted by atomic mass is 10.4. The van der Waals surface area contributed by atoms with Crippen LogP contribution in [0.4, 0.5) is 0 Å². The highest BCUT2D eigenvalue weighted by atomic mass is 32.2. The average molecular weight is 259 g/mol. The van der Waals surface area contributed by atoms with Crippen LogP contribution < -0.4 is 5.32 Å². The summed E-state index contributed by atoms with van der Waals surface area (Å²) in [5.41, 5.74) is 1.18. The maximum absolute atomic E-state index is 11.5. The fourth-order valence-corrected chi connectivity index (χ4v) is 2.29. The van der Waals surface area contributed by atoms with Crippen molar-refractivity contribution in [2.75, 3.05) is 26.4 Å². The summed E-state index contributed by atoms with van der Waals surface area (Å²) in [6, 6.07) is 4.04. The third-order valence-corrected chi connectivity index (χ3v) is 4.50. The molecule has 1 heterocycles. The summed E-state index contributed by atoms with van der Waals surface area (Å²) in [4.78, 5) is 0. The molecule has 0 aliphatic heterocycles. The molecule has 0 aliphatic carbocycles. The number of aryl methyl sites for hydroxylation is 1. The van der Waals surface area contributed by atoms with Crippen molar-refractivity contribution in [2.45, 2.75) is 20.0 Å². The van der Waals surface area contributed by atoms with E-state index >= 15 is 0 Å². The second-order valence-electron chi connectivity index (χ2n) is 4.06. The summed E-state index contributed by atoms with van der Waals surface area (Å²) < 4.78 is 26.4. The Balaban J connectivity index is 2.35. The van der Waals surface area contributed by atoms with Gasteiger partial charge in [0.25, 0.3) is 0 Å². The van der Waals surface area contributed by atoms with Crippen LogP contribution in [0.15, 0.2) is 18.3 Å². The molecule has 1 aromatic rings. The van der Waals surface area contributed by atoms with Gasteiger partial charge in [0.2, 0.25) is 10.0 Å². The molecule has 0 fully saturated rings. The lowest BCUT2D eigenvalue weighted by molar-refractivity contribution is 0.516. The molecule has 0 aromatic carbocycles. The Morgan fingerprint density at radius 3 is 2.71 bits per heavy atom. The molecule has 5 nitrogen and oxygen atoms in total. The van der Waals surface area contributed by atoms with Gasteiger partial charge in [-0.1, -0.05) is 0 Å². The van der Waals surface area contributed by atoms with Crippen molar-refractivity contribution < 1.29 is 8.42 Å². The molecule has 0 spiro atoms. The van der Waals surface area contributed by atoms with Crippen molar-refractivity contribution in [3.63, 3.8) is 0 Å². The summed E-state index contributed by atoms with van der Waals surface area (Å²) in [5.74, 6) is 0.132. The van der Waals surface area contributed by atoms with E-state index in [0.717, 1.165) is 6.54 Å². The Labute approximate surface area is 103 Å². The molecular weight excluding hydrogens is 238 g/mol. The fraction of sp³-hybridized carbons (Fsp3) is 0.636. The van der Waals surface area contributed by atoms with Gasteiger partial charge in [-0.05, 0) is 19.1 Å². The van der Waals surface area contributed by atoms with E-state index < -0.39 is 10.0 Å². The molecule has 98 valence electrons. The largest absolute Gasteiger partial charge is 0.351 e. The van der Waals surface area contributed by atoms with Crippen LogP contribution in [0.2, 0.25) is 0 Å². The number of rotatable bonds is 7. The monoisotopic (exact) mass is 259 g/mol. The van der Waals surface area contributed by atoms with Gasteiger partial charge in [0.05, 0.1) is 5.75 Å². The molecule has 1 aromatic heterocycles. The first-order valence-corrected chi connectivity index (χ1v) is 7.33. The highest BCUT2D eigenvalue weighted by Gasteiger charge is 2.12. The van der Waals surface area contributed by atoms with Crippen LogP contribution in [0.1, 0.15) is 12.6 Å². The molecule has 0 amide bonds. The quantitative estimate of drug-likeness (QED) is 0.725. The standard InChI is InChI=1S/C11H21N3O2S/c1-4-14-8-5-6-11(14)10-12-7-9-17(15,16)13(2)3/h5-6,8,12H,4,7,9-10H2,1-3H3. The van der Waals surface area contributed by atoms with E-state index in [2.05, 4.69) is 16.8 Å². The van der Waals surface area contributed by atoms with Gasteiger partial charge in [-0.3, -0.25) is 0 Å². The maximum Gasteiger partial charge on any atom is 0.214 e. The van der Waals surface area contributed by atoms with Gasteiger partial charge in [0.15, 0.2) is 0 Å². The van der Waals surface area contributed by atoms with Crippen LogP contribution in [-0.4, -0.2) is 43.7 Å². The summed E-state index contributed by atoms with van der Waals surface area (Å²) in [6.45, 7) is 4.18. The minimum atomic E-state index is -3.09. The lowest BCUT2D eigenvalue weighted by Crippen LogP contribution is -2.31. The number of aromatic nitrogens is 1. The van der Waals surface area contributed by atoms with Crippen LogP contribution >= 0.6 is 0 Å².